The molecule has 0 heterocycles. The van der Waals surface area contributed by atoms with E-state index in [9.17, 15) is 19.8 Å². The number of halogens is 3. The van der Waals surface area contributed by atoms with Crippen LogP contribution in [0.2, 0.25) is 0 Å². The molecule has 0 bridgehead atoms. The standard InChI is InChI=1S/C13H8Br3NO2.C13H11NO2/c14-7-1-3-9(4-2-7)17-13(19)10-5-8(15)6-11(16)12(10)18;15-12-9-5-4-8-11(12)13(16)14-10-6-2-1-3-7-10/h1-6,18H,(H,17,19);1-9,15H,(H,14,16). The van der Waals surface area contributed by atoms with Gasteiger partial charge in [0.05, 0.1) is 15.6 Å². The summed E-state index contributed by atoms with van der Waals surface area (Å²) >= 11 is 9.80. The van der Waals surface area contributed by atoms with Crippen LogP contribution in [0.4, 0.5) is 11.4 Å². The summed E-state index contributed by atoms with van der Waals surface area (Å²) in [6, 6.07) is 26.0. The largest absolute Gasteiger partial charge is 0.507 e. The lowest BCUT2D eigenvalue weighted by Gasteiger charge is -2.09. The SMILES string of the molecule is O=C(Nc1ccc(Br)cc1)c1cc(Br)cc(Br)c1O.O=C(Nc1ccccc1)c1ccccc1O. The molecule has 0 aliphatic heterocycles. The normalized spacial score (nSPS) is 10.0. The minimum absolute atomic E-state index is 0.0177. The van der Waals surface area contributed by atoms with Crippen molar-refractivity contribution >= 4 is 71.0 Å². The molecule has 0 fully saturated rings. The smallest absolute Gasteiger partial charge is 0.259 e. The van der Waals surface area contributed by atoms with Crippen molar-refractivity contribution in [1.29, 1.82) is 0 Å². The first-order chi connectivity index (χ1) is 16.7. The number of aromatic hydroxyl groups is 2. The van der Waals surface area contributed by atoms with Crippen molar-refractivity contribution in [2.75, 3.05) is 10.6 Å². The van der Waals surface area contributed by atoms with E-state index in [4.69, 9.17) is 0 Å². The molecule has 178 valence electrons. The van der Waals surface area contributed by atoms with Gasteiger partial charge in [-0.25, -0.2) is 0 Å². The molecule has 4 aromatic carbocycles. The number of phenolic OH excluding ortho intramolecular Hbond substituents is 2. The zero-order chi connectivity index (χ0) is 25.4. The Balaban J connectivity index is 0.000000198. The van der Waals surface area contributed by atoms with Crippen molar-refractivity contribution in [2.45, 2.75) is 0 Å². The van der Waals surface area contributed by atoms with Crippen LogP contribution in [0.5, 0.6) is 11.5 Å². The Morgan fingerprint density at radius 1 is 0.600 bits per heavy atom. The fourth-order valence-electron chi connectivity index (χ4n) is 2.86. The molecule has 6 nitrogen and oxygen atoms in total. The second-order valence-electron chi connectivity index (χ2n) is 7.08. The number of anilines is 2. The maximum absolute atomic E-state index is 12.1. The maximum Gasteiger partial charge on any atom is 0.259 e. The highest BCUT2D eigenvalue weighted by atomic mass is 79.9. The van der Waals surface area contributed by atoms with Gasteiger partial charge >= 0.3 is 0 Å². The van der Waals surface area contributed by atoms with E-state index in [-0.39, 0.29) is 34.4 Å². The van der Waals surface area contributed by atoms with Crippen LogP contribution in [-0.2, 0) is 0 Å². The number of para-hydroxylation sites is 2. The Kier molecular flexibility index (Phi) is 9.47. The van der Waals surface area contributed by atoms with E-state index >= 15 is 0 Å². The molecule has 35 heavy (non-hydrogen) atoms. The fraction of sp³-hybridized carbons (Fsp3) is 0. The van der Waals surface area contributed by atoms with E-state index in [0.29, 0.717) is 20.3 Å². The van der Waals surface area contributed by atoms with E-state index in [1.54, 1.807) is 54.6 Å². The van der Waals surface area contributed by atoms with E-state index in [1.807, 2.05) is 30.3 Å². The summed E-state index contributed by atoms with van der Waals surface area (Å²) in [6.45, 7) is 0. The Morgan fingerprint density at radius 3 is 1.77 bits per heavy atom. The number of phenols is 2. The molecule has 0 atom stereocenters. The van der Waals surface area contributed by atoms with Gasteiger partial charge < -0.3 is 20.8 Å². The van der Waals surface area contributed by atoms with Gasteiger partial charge in [-0.15, -0.1) is 0 Å². The third-order valence-electron chi connectivity index (χ3n) is 4.56. The first-order valence-corrected chi connectivity index (χ1v) is 12.5. The Hall–Kier alpha value is -3.14. The molecule has 0 radical (unpaired) electrons. The lowest BCUT2D eigenvalue weighted by atomic mass is 10.2. The maximum atomic E-state index is 12.1. The Labute approximate surface area is 227 Å². The summed E-state index contributed by atoms with van der Waals surface area (Å²) in [5, 5.41) is 24.8. The van der Waals surface area contributed by atoms with Crippen molar-refractivity contribution in [1.82, 2.24) is 0 Å². The van der Waals surface area contributed by atoms with Crippen molar-refractivity contribution in [3.05, 3.63) is 116 Å². The molecular formula is C26H19Br3N2O4. The highest BCUT2D eigenvalue weighted by Gasteiger charge is 2.15. The first-order valence-electron chi connectivity index (χ1n) is 10.1. The van der Waals surface area contributed by atoms with Crippen molar-refractivity contribution in [3.63, 3.8) is 0 Å². The number of rotatable bonds is 4. The molecule has 0 unspecified atom stereocenters. The number of nitrogens with one attached hydrogen (secondary N) is 2. The van der Waals surface area contributed by atoms with Gasteiger partial charge in [-0.3, -0.25) is 9.59 Å². The van der Waals surface area contributed by atoms with Gasteiger partial charge in [-0.2, -0.15) is 0 Å². The first kappa shape index (κ1) is 26.5. The zero-order valence-corrected chi connectivity index (χ0v) is 22.8. The quantitative estimate of drug-likeness (QED) is 0.181. The summed E-state index contributed by atoms with van der Waals surface area (Å²) in [5.74, 6) is -0.792. The highest BCUT2D eigenvalue weighted by molar-refractivity contribution is 9.11. The summed E-state index contributed by atoms with van der Waals surface area (Å²) < 4.78 is 2.10. The molecule has 4 aromatic rings. The van der Waals surface area contributed by atoms with Gasteiger partial charge in [0.25, 0.3) is 11.8 Å². The van der Waals surface area contributed by atoms with E-state index in [1.165, 1.54) is 6.07 Å². The summed E-state index contributed by atoms with van der Waals surface area (Å²) in [7, 11) is 0. The number of hydrogen-bond donors (Lipinski definition) is 4. The molecule has 0 aliphatic rings. The van der Waals surface area contributed by atoms with Crippen LogP contribution in [0.15, 0.2) is 104 Å². The number of amides is 2. The molecule has 0 spiro atoms. The van der Waals surface area contributed by atoms with Gasteiger partial charge in [0.15, 0.2) is 0 Å². The van der Waals surface area contributed by atoms with E-state index < -0.39 is 0 Å². The zero-order valence-electron chi connectivity index (χ0n) is 18.0. The van der Waals surface area contributed by atoms with Gasteiger partial charge in [0, 0.05) is 20.3 Å². The average molecular weight is 663 g/mol. The predicted molar refractivity (Wildman–Crippen MR) is 148 cm³/mol. The minimum Gasteiger partial charge on any atom is -0.507 e. The number of carbonyl (C=O) groups excluding carboxylic acids is 2. The van der Waals surface area contributed by atoms with Crippen LogP contribution in [0, 0.1) is 0 Å². The predicted octanol–water partition coefficient (Wildman–Crippen LogP) is 7.58. The summed E-state index contributed by atoms with van der Waals surface area (Å²) in [6.07, 6.45) is 0. The molecule has 4 N–H and O–H groups in total. The third-order valence-corrected chi connectivity index (χ3v) is 6.15. The van der Waals surface area contributed by atoms with Gasteiger partial charge in [0.2, 0.25) is 0 Å². The highest BCUT2D eigenvalue weighted by Crippen LogP contribution is 2.32. The minimum atomic E-state index is -0.373. The van der Waals surface area contributed by atoms with Crippen LogP contribution in [0.3, 0.4) is 0 Å². The lowest BCUT2D eigenvalue weighted by Crippen LogP contribution is -2.12. The Bertz CT molecular complexity index is 1330. The fourth-order valence-corrected chi connectivity index (χ4v) is 4.35. The van der Waals surface area contributed by atoms with Crippen LogP contribution >= 0.6 is 47.8 Å². The second-order valence-corrected chi connectivity index (χ2v) is 9.77. The molecule has 0 saturated heterocycles. The third kappa shape index (κ3) is 7.68. The van der Waals surface area contributed by atoms with Gasteiger partial charge in [0.1, 0.15) is 11.5 Å². The van der Waals surface area contributed by atoms with E-state index in [0.717, 1.165) is 4.47 Å². The van der Waals surface area contributed by atoms with Crippen molar-refractivity contribution < 1.29 is 19.8 Å². The molecule has 0 saturated carbocycles. The van der Waals surface area contributed by atoms with Crippen LogP contribution < -0.4 is 10.6 Å². The number of benzene rings is 4. The van der Waals surface area contributed by atoms with Gasteiger partial charge in [-0.1, -0.05) is 62.2 Å². The molecule has 2 amide bonds. The Morgan fingerprint density at radius 2 is 1.14 bits per heavy atom. The van der Waals surface area contributed by atoms with Crippen molar-refractivity contribution in [3.8, 4) is 11.5 Å². The molecule has 0 aliphatic carbocycles. The molecule has 9 heteroatoms. The lowest BCUT2D eigenvalue weighted by molar-refractivity contribution is 0.101. The topological polar surface area (TPSA) is 98.7 Å². The van der Waals surface area contributed by atoms with Crippen molar-refractivity contribution in [2.24, 2.45) is 0 Å². The monoisotopic (exact) mass is 660 g/mol. The van der Waals surface area contributed by atoms with Gasteiger partial charge in [-0.05, 0) is 76.6 Å². The number of carbonyl (C=O) groups is 2. The summed E-state index contributed by atoms with van der Waals surface area (Å²) in [4.78, 5) is 23.9. The van der Waals surface area contributed by atoms with Crippen LogP contribution in [-0.4, -0.2) is 22.0 Å². The van der Waals surface area contributed by atoms with Crippen LogP contribution in [0.25, 0.3) is 0 Å². The average Bonchev–Trinajstić information content (AvgIpc) is 2.84. The van der Waals surface area contributed by atoms with E-state index in [2.05, 4.69) is 58.4 Å². The second kappa shape index (κ2) is 12.5. The van der Waals surface area contributed by atoms with Crippen LogP contribution in [0.1, 0.15) is 20.7 Å². The number of hydrogen-bond acceptors (Lipinski definition) is 4. The summed E-state index contributed by atoms with van der Waals surface area (Å²) in [5.41, 5.74) is 1.83. The molecular weight excluding hydrogens is 644 g/mol. The molecule has 0 aromatic heterocycles. The molecule has 4 rings (SSSR count).